The Morgan fingerprint density at radius 1 is 1.25 bits per heavy atom. The third-order valence-electron chi connectivity index (χ3n) is 0. The van der Waals surface area contributed by atoms with E-state index < -0.39 is 0 Å². The van der Waals surface area contributed by atoms with Gasteiger partial charge in [-0.3, -0.25) is 0 Å². The molecule has 24 valence electrons. The molecule has 0 nitrogen and oxygen atoms in total. The summed E-state index contributed by atoms with van der Waals surface area (Å²) in [5, 5.41) is 0. The van der Waals surface area contributed by atoms with Crippen molar-refractivity contribution in [2.75, 3.05) is 0 Å². The van der Waals surface area contributed by atoms with Crippen LogP contribution in [0.5, 0.6) is 0 Å². The minimum absolute atomic E-state index is 0. The normalized spacial score (nSPS) is 2.50. The molecule has 0 N–H and O–H groups in total. The fraction of sp³-hybridized carbons (Fsp3) is 1.00. The van der Waals surface area contributed by atoms with Crippen molar-refractivity contribution in [2.24, 2.45) is 0 Å². The van der Waals surface area contributed by atoms with Crippen LogP contribution < -0.4 is 24.0 Å². The molecule has 0 atom stereocenters. The first-order chi connectivity index (χ1) is 1.41. The third-order valence-corrected chi connectivity index (χ3v) is 0. The summed E-state index contributed by atoms with van der Waals surface area (Å²) in [6.07, 6.45) is 0. The van der Waals surface area contributed by atoms with E-state index in [4.69, 9.17) is 0 Å². The molecule has 0 saturated heterocycles. The van der Waals surface area contributed by atoms with Gasteiger partial charge in [0.05, 0.1) is 0 Å². The van der Waals surface area contributed by atoms with Crippen molar-refractivity contribution in [3.05, 3.63) is 0 Å². The maximum Gasteiger partial charge on any atom is -1.00 e. The average molecular weight is 168 g/mol. The summed E-state index contributed by atoms with van der Waals surface area (Å²) in [6.45, 7) is 4.00. The van der Waals surface area contributed by atoms with Gasteiger partial charge in [-0.15, -0.1) is 0 Å². The van der Waals surface area contributed by atoms with Crippen LogP contribution in [0, 0.1) is 0 Å². The fourth-order valence-corrected chi connectivity index (χ4v) is 0. The Kier molecular flexibility index (Phi) is 20.3. The number of halogens is 1. The van der Waals surface area contributed by atoms with E-state index in [1.165, 1.54) is 0 Å². The van der Waals surface area contributed by atoms with Crippen LogP contribution in [0.15, 0.2) is 0 Å². The largest absolute Gasteiger partial charge is 1.00 e. The molecule has 0 aromatic carbocycles. The molecule has 0 aliphatic carbocycles. The van der Waals surface area contributed by atoms with Crippen LogP contribution in [0.2, 0.25) is 13.6 Å². The van der Waals surface area contributed by atoms with Crippen molar-refractivity contribution < 1.29 is 24.0 Å². The first-order valence-electron chi connectivity index (χ1n) is 1.15. The summed E-state index contributed by atoms with van der Waals surface area (Å²) in [4.78, 5) is 0. The van der Waals surface area contributed by atoms with E-state index in [9.17, 15) is 0 Å². The van der Waals surface area contributed by atoms with Gasteiger partial charge in [-0.05, 0) is 0 Å². The first kappa shape index (κ1) is 8.84. The Hall–Kier alpha value is 0.795. The predicted octanol–water partition coefficient (Wildman–Crippen LogP) is -2.21. The van der Waals surface area contributed by atoms with E-state index in [-0.39, 0.29) is 24.0 Å². The smallest absolute Gasteiger partial charge is 1.00 e. The second-order valence-electron chi connectivity index (χ2n) is 0.577. The van der Waals surface area contributed by atoms with Gasteiger partial charge in [0.15, 0.2) is 0 Å². The molecule has 0 unspecified atom stereocenters. The molecular formula is C2H6BI. The second kappa shape index (κ2) is 9.20. The minimum Gasteiger partial charge on any atom is -1.00 e. The molecule has 0 heterocycles. The van der Waals surface area contributed by atoms with Gasteiger partial charge in [0, 0.05) is 0 Å². The third kappa shape index (κ3) is 14.2. The van der Waals surface area contributed by atoms with Gasteiger partial charge in [0.25, 0.3) is 0 Å². The minimum atomic E-state index is 0. The van der Waals surface area contributed by atoms with Crippen LogP contribution in [0.3, 0.4) is 0 Å². The number of hydrogen-bond acceptors (Lipinski definition) is 0. The summed E-state index contributed by atoms with van der Waals surface area (Å²) in [7, 11) is 2.00. The van der Waals surface area contributed by atoms with Crippen LogP contribution in [0.4, 0.5) is 0 Å². The van der Waals surface area contributed by atoms with Gasteiger partial charge < -0.3 is 24.0 Å². The van der Waals surface area contributed by atoms with Crippen LogP contribution in [-0.4, -0.2) is 7.28 Å². The standard InChI is InChI=1S/C2H6B.HI/c1-3-2;/h1-2H3;1H/q+1;/p-1. The summed E-state index contributed by atoms with van der Waals surface area (Å²) in [5.41, 5.74) is 0. The molecule has 0 rings (SSSR count). The zero-order chi connectivity index (χ0) is 2.71. The van der Waals surface area contributed by atoms with Crippen molar-refractivity contribution in [3.8, 4) is 0 Å². The Labute approximate surface area is 45.2 Å². The average Bonchev–Trinajstić information content (AvgIpc) is 0.918. The van der Waals surface area contributed by atoms with Crippen molar-refractivity contribution >= 4 is 7.28 Å². The Bertz CT molecular complexity index is 6.00. The number of rotatable bonds is 0. The van der Waals surface area contributed by atoms with Gasteiger partial charge in [0.2, 0.25) is 0 Å². The van der Waals surface area contributed by atoms with E-state index >= 15 is 0 Å². The van der Waals surface area contributed by atoms with Crippen molar-refractivity contribution in [2.45, 2.75) is 13.6 Å². The van der Waals surface area contributed by atoms with E-state index in [0.29, 0.717) is 0 Å². The predicted molar refractivity (Wildman–Crippen MR) is 17.5 cm³/mol. The van der Waals surface area contributed by atoms with Gasteiger partial charge in [-0.1, -0.05) is 0 Å². The van der Waals surface area contributed by atoms with E-state index in [1.54, 1.807) is 0 Å². The monoisotopic (exact) mass is 168 g/mol. The molecule has 0 aromatic rings. The van der Waals surface area contributed by atoms with E-state index in [1.807, 2.05) is 20.9 Å². The van der Waals surface area contributed by atoms with Gasteiger partial charge >= 0.3 is 20.9 Å². The van der Waals surface area contributed by atoms with Crippen LogP contribution >= 0.6 is 0 Å². The maximum absolute atomic E-state index is 2.00. The fourth-order valence-electron chi connectivity index (χ4n) is 0. The molecule has 0 spiro atoms. The SMILES string of the molecule is C[B+]C.[I-]. The molecule has 0 aromatic heterocycles. The van der Waals surface area contributed by atoms with Crippen LogP contribution in [0.25, 0.3) is 0 Å². The number of hydrogen-bond donors (Lipinski definition) is 0. The van der Waals surface area contributed by atoms with Gasteiger partial charge in [-0.25, -0.2) is 0 Å². The second-order valence-corrected chi connectivity index (χ2v) is 0.577. The van der Waals surface area contributed by atoms with Crippen LogP contribution in [-0.2, 0) is 0 Å². The first-order valence-corrected chi connectivity index (χ1v) is 1.15. The quantitative estimate of drug-likeness (QED) is 0.284. The molecule has 0 amide bonds. The topological polar surface area (TPSA) is 0 Å². The summed E-state index contributed by atoms with van der Waals surface area (Å²) >= 11 is 0. The molecule has 0 bridgehead atoms. The Balaban J connectivity index is 0. The zero-order valence-electron chi connectivity index (χ0n) is 2.96. The Morgan fingerprint density at radius 2 is 1.25 bits per heavy atom. The molecular weight excluding hydrogens is 162 g/mol. The molecule has 4 heavy (non-hydrogen) atoms. The van der Waals surface area contributed by atoms with E-state index in [0.717, 1.165) is 0 Å². The molecule has 0 saturated carbocycles. The zero-order valence-corrected chi connectivity index (χ0v) is 5.11. The van der Waals surface area contributed by atoms with Crippen molar-refractivity contribution in [3.63, 3.8) is 0 Å². The summed E-state index contributed by atoms with van der Waals surface area (Å²) < 4.78 is 0. The van der Waals surface area contributed by atoms with Crippen molar-refractivity contribution in [1.29, 1.82) is 0 Å². The van der Waals surface area contributed by atoms with Crippen LogP contribution in [0.1, 0.15) is 0 Å². The van der Waals surface area contributed by atoms with Crippen molar-refractivity contribution in [1.82, 2.24) is 0 Å². The molecule has 0 radical (unpaired) electrons. The molecule has 2 heteroatoms. The Morgan fingerprint density at radius 3 is 1.25 bits per heavy atom. The molecule has 0 fully saturated rings. The molecule has 0 aliphatic heterocycles. The maximum atomic E-state index is 2.00. The van der Waals surface area contributed by atoms with Gasteiger partial charge in [0.1, 0.15) is 0 Å². The molecule has 0 aliphatic rings. The summed E-state index contributed by atoms with van der Waals surface area (Å²) in [6, 6.07) is 0. The summed E-state index contributed by atoms with van der Waals surface area (Å²) in [5.74, 6) is 0. The van der Waals surface area contributed by atoms with E-state index in [2.05, 4.69) is 0 Å². The van der Waals surface area contributed by atoms with Gasteiger partial charge in [-0.2, -0.15) is 0 Å².